The SMILES string of the molecule is [NaH].c1cnc2c(c1)ccc1cccnc12. The molecule has 0 fully saturated rings. The molecule has 0 spiro atoms. The fourth-order valence-electron chi connectivity index (χ4n) is 1.68. The van der Waals surface area contributed by atoms with Crippen LogP contribution >= 0.6 is 0 Å². The zero-order valence-electron chi connectivity index (χ0n) is 7.51. The molecule has 0 aliphatic heterocycles. The van der Waals surface area contributed by atoms with Gasteiger partial charge in [0, 0.05) is 23.2 Å². The van der Waals surface area contributed by atoms with Crippen LogP contribution < -0.4 is 0 Å². The Morgan fingerprint density at radius 2 is 1.13 bits per heavy atom. The normalized spacial score (nSPS) is 10.1. The van der Waals surface area contributed by atoms with Gasteiger partial charge in [-0.3, -0.25) is 9.97 Å². The maximum Gasteiger partial charge on any atom is 0.0964 e. The van der Waals surface area contributed by atoms with Gasteiger partial charge in [0.25, 0.3) is 0 Å². The van der Waals surface area contributed by atoms with E-state index < -0.39 is 0 Å². The van der Waals surface area contributed by atoms with Gasteiger partial charge in [-0.1, -0.05) is 24.3 Å². The van der Waals surface area contributed by atoms with Crippen molar-refractivity contribution in [2.24, 2.45) is 0 Å². The first-order valence-corrected chi connectivity index (χ1v) is 4.53. The molecule has 0 saturated carbocycles. The average Bonchev–Trinajstić information content (AvgIpc) is 2.29. The molecule has 3 rings (SSSR count). The minimum absolute atomic E-state index is 0. The molecule has 0 saturated heterocycles. The van der Waals surface area contributed by atoms with Crippen LogP contribution in [-0.2, 0) is 0 Å². The van der Waals surface area contributed by atoms with Crippen molar-refractivity contribution in [1.29, 1.82) is 0 Å². The molecule has 2 heterocycles. The number of nitrogens with zero attached hydrogens (tertiary/aromatic N) is 2. The molecule has 68 valence electrons. The summed E-state index contributed by atoms with van der Waals surface area (Å²) in [4.78, 5) is 8.69. The van der Waals surface area contributed by atoms with E-state index in [1.807, 2.05) is 12.1 Å². The second-order valence-corrected chi connectivity index (χ2v) is 3.22. The van der Waals surface area contributed by atoms with E-state index in [9.17, 15) is 0 Å². The van der Waals surface area contributed by atoms with E-state index in [2.05, 4.69) is 34.2 Å². The third kappa shape index (κ3) is 1.76. The van der Waals surface area contributed by atoms with Crippen LogP contribution in [-0.4, -0.2) is 39.5 Å². The molecule has 0 N–H and O–H groups in total. The summed E-state index contributed by atoms with van der Waals surface area (Å²) in [6, 6.07) is 12.1. The van der Waals surface area contributed by atoms with Crippen molar-refractivity contribution in [3.05, 3.63) is 48.8 Å². The molecule has 0 bridgehead atoms. The maximum absolute atomic E-state index is 4.35. The molecule has 0 unspecified atom stereocenters. The third-order valence-electron chi connectivity index (χ3n) is 2.34. The van der Waals surface area contributed by atoms with Gasteiger partial charge in [-0.25, -0.2) is 0 Å². The van der Waals surface area contributed by atoms with E-state index in [0.29, 0.717) is 0 Å². The van der Waals surface area contributed by atoms with Crippen LogP contribution in [0.1, 0.15) is 0 Å². The Bertz CT molecular complexity index is 553. The van der Waals surface area contributed by atoms with E-state index in [1.165, 1.54) is 0 Å². The fourth-order valence-corrected chi connectivity index (χ4v) is 1.68. The summed E-state index contributed by atoms with van der Waals surface area (Å²) in [5.41, 5.74) is 1.95. The molecule has 2 nitrogen and oxygen atoms in total. The van der Waals surface area contributed by atoms with Crippen LogP contribution in [0, 0.1) is 0 Å². The Morgan fingerprint density at radius 3 is 1.60 bits per heavy atom. The standard InChI is InChI=1S/C12H8N2.Na.H/c1-3-9-5-6-10-4-2-8-14-12(10)11(9)13-7-1;;/h1-8H;;. The number of pyridine rings is 2. The van der Waals surface area contributed by atoms with E-state index in [-0.39, 0.29) is 29.6 Å². The van der Waals surface area contributed by atoms with E-state index >= 15 is 0 Å². The van der Waals surface area contributed by atoms with Crippen LogP contribution in [0.2, 0.25) is 0 Å². The molecule has 0 aliphatic carbocycles. The summed E-state index contributed by atoms with van der Waals surface area (Å²) in [6.45, 7) is 0. The monoisotopic (exact) mass is 204 g/mol. The third-order valence-corrected chi connectivity index (χ3v) is 2.34. The number of aromatic nitrogens is 2. The van der Waals surface area contributed by atoms with E-state index in [0.717, 1.165) is 21.8 Å². The van der Waals surface area contributed by atoms with Crippen LogP contribution in [0.25, 0.3) is 21.8 Å². The number of hydrogen-bond acceptors (Lipinski definition) is 2. The second kappa shape index (κ2) is 4.27. The van der Waals surface area contributed by atoms with Crippen molar-refractivity contribution in [2.75, 3.05) is 0 Å². The Kier molecular flexibility index (Phi) is 3.00. The Hall–Kier alpha value is -0.960. The van der Waals surface area contributed by atoms with Gasteiger partial charge < -0.3 is 0 Å². The maximum atomic E-state index is 4.35. The van der Waals surface area contributed by atoms with Gasteiger partial charge in [-0.15, -0.1) is 0 Å². The van der Waals surface area contributed by atoms with Crippen LogP contribution in [0.5, 0.6) is 0 Å². The summed E-state index contributed by atoms with van der Waals surface area (Å²) in [5.74, 6) is 0. The number of hydrogen-bond donors (Lipinski definition) is 0. The summed E-state index contributed by atoms with van der Waals surface area (Å²) >= 11 is 0. The Morgan fingerprint density at radius 1 is 0.667 bits per heavy atom. The molecular weight excluding hydrogens is 195 g/mol. The van der Waals surface area contributed by atoms with Gasteiger partial charge in [-0.2, -0.15) is 0 Å². The first-order valence-electron chi connectivity index (χ1n) is 4.53. The summed E-state index contributed by atoms with van der Waals surface area (Å²) in [7, 11) is 0. The quantitative estimate of drug-likeness (QED) is 0.414. The van der Waals surface area contributed by atoms with Gasteiger partial charge in [-0.05, 0) is 12.1 Å². The number of benzene rings is 1. The molecule has 3 heteroatoms. The van der Waals surface area contributed by atoms with Gasteiger partial charge in [0.2, 0.25) is 0 Å². The Balaban J connectivity index is 0.000000853. The van der Waals surface area contributed by atoms with Gasteiger partial charge in [0.15, 0.2) is 0 Å². The molecule has 15 heavy (non-hydrogen) atoms. The van der Waals surface area contributed by atoms with Gasteiger partial charge >= 0.3 is 29.6 Å². The van der Waals surface area contributed by atoms with Gasteiger partial charge in [0.05, 0.1) is 11.0 Å². The number of rotatable bonds is 0. The summed E-state index contributed by atoms with van der Waals surface area (Å²) < 4.78 is 0. The molecule has 3 aromatic rings. The average molecular weight is 204 g/mol. The van der Waals surface area contributed by atoms with Crippen LogP contribution in [0.15, 0.2) is 48.8 Å². The molecular formula is C12H9N2Na. The molecule has 0 amide bonds. The predicted molar refractivity (Wildman–Crippen MR) is 64.2 cm³/mol. The van der Waals surface area contributed by atoms with Crippen molar-refractivity contribution in [2.45, 2.75) is 0 Å². The smallest absolute Gasteiger partial charge is 0.0964 e. The van der Waals surface area contributed by atoms with Crippen molar-refractivity contribution in [3.8, 4) is 0 Å². The summed E-state index contributed by atoms with van der Waals surface area (Å²) in [6.07, 6.45) is 3.60. The zero-order valence-corrected chi connectivity index (χ0v) is 7.51. The van der Waals surface area contributed by atoms with E-state index in [1.54, 1.807) is 12.4 Å². The number of fused-ring (bicyclic) bond motifs is 3. The van der Waals surface area contributed by atoms with Crippen molar-refractivity contribution < 1.29 is 0 Å². The largest absolute Gasteiger partial charge is 0.254 e. The summed E-state index contributed by atoms with van der Waals surface area (Å²) in [5, 5.41) is 2.28. The fraction of sp³-hybridized carbons (Fsp3) is 0. The van der Waals surface area contributed by atoms with Crippen molar-refractivity contribution in [3.63, 3.8) is 0 Å². The molecule has 2 aromatic heterocycles. The van der Waals surface area contributed by atoms with Crippen LogP contribution in [0.3, 0.4) is 0 Å². The van der Waals surface area contributed by atoms with Crippen molar-refractivity contribution in [1.82, 2.24) is 9.97 Å². The molecule has 0 atom stereocenters. The first-order chi connectivity index (χ1) is 6.95. The predicted octanol–water partition coefficient (Wildman–Crippen LogP) is 2.13. The van der Waals surface area contributed by atoms with Crippen LogP contribution in [0.4, 0.5) is 0 Å². The molecule has 1 aromatic carbocycles. The first kappa shape index (κ1) is 10.6. The molecule has 0 aliphatic rings. The Labute approximate surface area is 110 Å². The second-order valence-electron chi connectivity index (χ2n) is 3.22. The minimum atomic E-state index is 0. The van der Waals surface area contributed by atoms with Crippen molar-refractivity contribution >= 4 is 51.4 Å². The zero-order chi connectivity index (χ0) is 9.38. The van der Waals surface area contributed by atoms with E-state index in [4.69, 9.17) is 0 Å². The minimum Gasteiger partial charge on any atom is -0.254 e. The molecule has 0 radical (unpaired) electrons. The van der Waals surface area contributed by atoms with Gasteiger partial charge in [0.1, 0.15) is 0 Å². The topological polar surface area (TPSA) is 25.8 Å².